The average molecular weight is 474 g/mol. The number of aromatic nitrogens is 2. The molecule has 5 unspecified atom stereocenters. The van der Waals surface area contributed by atoms with Crippen LogP contribution in [0.5, 0.6) is 0 Å². The van der Waals surface area contributed by atoms with Gasteiger partial charge in [0.05, 0.1) is 25.9 Å². The van der Waals surface area contributed by atoms with Gasteiger partial charge in [0.1, 0.15) is 18.7 Å². The lowest BCUT2D eigenvalue weighted by atomic mass is 10.2. The third-order valence-electron chi connectivity index (χ3n) is 4.07. The van der Waals surface area contributed by atoms with E-state index in [2.05, 4.69) is 14.0 Å². The Hall–Kier alpha value is -1.18. The molecule has 0 aromatic carbocycles. The van der Waals surface area contributed by atoms with Crippen molar-refractivity contribution >= 4 is 15.4 Å². The summed E-state index contributed by atoms with van der Waals surface area (Å²) in [5, 5.41) is 10.1. The molecule has 1 saturated heterocycles. The van der Waals surface area contributed by atoms with Crippen LogP contribution in [0.2, 0.25) is 0 Å². The Bertz CT molecular complexity index is 930. The number of nitrogens with one attached hydrogen (secondary N) is 1. The van der Waals surface area contributed by atoms with E-state index in [1.165, 1.54) is 13.1 Å². The minimum absolute atomic E-state index is 0.00367. The van der Waals surface area contributed by atoms with E-state index in [0.29, 0.717) is 0 Å². The van der Waals surface area contributed by atoms with Gasteiger partial charge >= 0.3 is 21.1 Å². The zero-order valence-corrected chi connectivity index (χ0v) is 18.0. The van der Waals surface area contributed by atoms with Gasteiger partial charge in [-0.15, -0.1) is 0 Å². The summed E-state index contributed by atoms with van der Waals surface area (Å²) in [4.78, 5) is 44.3. The Morgan fingerprint density at radius 3 is 2.63 bits per heavy atom. The molecule has 1 fully saturated rings. The number of aromatic amines is 1. The molecular formula is C14H24N2O12P2. The van der Waals surface area contributed by atoms with Crippen LogP contribution in [-0.4, -0.2) is 69.9 Å². The summed E-state index contributed by atoms with van der Waals surface area (Å²) in [6, 6.07) is 0. The molecule has 2 rings (SSSR count). The highest BCUT2D eigenvalue weighted by Crippen LogP contribution is 2.44. The number of nitrogens with zero attached hydrogens (tertiary/aromatic N) is 1. The smallest absolute Gasteiger partial charge is 0.390 e. The number of ether oxygens (including phenoxy) is 2. The fourth-order valence-electron chi connectivity index (χ4n) is 2.51. The fourth-order valence-corrected chi connectivity index (χ4v) is 3.73. The molecule has 4 N–H and O–H groups in total. The molecule has 30 heavy (non-hydrogen) atoms. The van der Waals surface area contributed by atoms with E-state index >= 15 is 0 Å². The van der Waals surface area contributed by atoms with Crippen LogP contribution in [0.15, 0.2) is 15.8 Å². The maximum absolute atomic E-state index is 12.0. The van der Waals surface area contributed by atoms with Crippen molar-refractivity contribution in [1.82, 2.24) is 9.55 Å². The Kier molecular flexibility index (Phi) is 8.71. The molecule has 2 heterocycles. The molecule has 172 valence electrons. The normalized spacial score (nSPS) is 25.7. The monoisotopic (exact) mass is 474 g/mol. The summed E-state index contributed by atoms with van der Waals surface area (Å²) in [6.07, 6.45) is -2.41. The summed E-state index contributed by atoms with van der Waals surface area (Å²) < 4.78 is 48.1. The van der Waals surface area contributed by atoms with Gasteiger partial charge in [-0.3, -0.25) is 28.0 Å². The summed E-state index contributed by atoms with van der Waals surface area (Å²) in [5.41, 5.74) is -0.976. The first-order valence-electron chi connectivity index (χ1n) is 8.67. The van der Waals surface area contributed by atoms with Crippen LogP contribution in [0, 0.1) is 6.92 Å². The highest BCUT2D eigenvalue weighted by Gasteiger charge is 2.37. The van der Waals surface area contributed by atoms with E-state index in [9.17, 15) is 28.7 Å². The molecule has 0 saturated carbocycles. The van der Waals surface area contributed by atoms with Crippen molar-refractivity contribution in [3.05, 3.63) is 32.6 Å². The van der Waals surface area contributed by atoms with Crippen LogP contribution in [-0.2, 0) is 32.2 Å². The van der Waals surface area contributed by atoms with E-state index in [1.807, 2.05) is 0 Å². The van der Waals surface area contributed by atoms with Gasteiger partial charge in [-0.25, -0.2) is 9.36 Å². The lowest BCUT2D eigenvalue weighted by Gasteiger charge is -2.18. The predicted octanol–water partition coefficient (Wildman–Crippen LogP) is -0.567. The van der Waals surface area contributed by atoms with Crippen molar-refractivity contribution in [3.63, 3.8) is 0 Å². The third-order valence-corrected chi connectivity index (χ3v) is 6.10. The summed E-state index contributed by atoms with van der Waals surface area (Å²) in [5.74, 6) is 0. The first-order chi connectivity index (χ1) is 13.9. The summed E-state index contributed by atoms with van der Waals surface area (Å²) in [7, 11) is -7.40. The number of hydrogen-bond donors (Lipinski definition) is 4. The molecule has 1 aromatic rings. The van der Waals surface area contributed by atoms with Crippen molar-refractivity contribution in [3.8, 4) is 0 Å². The number of phosphoric acid groups is 1. The van der Waals surface area contributed by atoms with Gasteiger partial charge in [0.2, 0.25) is 0 Å². The van der Waals surface area contributed by atoms with Crippen molar-refractivity contribution in [2.75, 3.05) is 33.3 Å². The maximum atomic E-state index is 12.0. The quantitative estimate of drug-likeness (QED) is 0.236. The van der Waals surface area contributed by atoms with E-state index in [4.69, 9.17) is 18.9 Å². The largest absolute Gasteiger partial charge is 0.471 e. The molecule has 0 bridgehead atoms. The molecule has 5 atom stereocenters. The average Bonchev–Trinajstić information content (AvgIpc) is 3.03. The first kappa shape index (κ1) is 25.1. The second kappa shape index (κ2) is 10.4. The van der Waals surface area contributed by atoms with Crippen LogP contribution in [0.4, 0.5) is 0 Å². The third kappa shape index (κ3) is 7.20. The topological polar surface area (TPSA) is 196 Å². The van der Waals surface area contributed by atoms with Gasteiger partial charge in [0.25, 0.3) is 5.56 Å². The summed E-state index contributed by atoms with van der Waals surface area (Å²) in [6.45, 7) is 0.405. The van der Waals surface area contributed by atoms with Crippen molar-refractivity contribution in [1.29, 1.82) is 0 Å². The van der Waals surface area contributed by atoms with Gasteiger partial charge in [-0.2, -0.15) is 0 Å². The Morgan fingerprint density at radius 1 is 1.27 bits per heavy atom. The number of phosphoric ester groups is 1. The highest BCUT2D eigenvalue weighted by molar-refractivity contribution is 7.52. The molecule has 0 aliphatic carbocycles. The number of H-pyrrole nitrogens is 1. The minimum Gasteiger partial charge on any atom is -0.390 e. The Labute approximate surface area is 170 Å². The van der Waals surface area contributed by atoms with Crippen molar-refractivity contribution in [2.24, 2.45) is 0 Å². The molecule has 1 aromatic heterocycles. The zero-order valence-electron chi connectivity index (χ0n) is 16.2. The van der Waals surface area contributed by atoms with Crippen LogP contribution in [0.3, 0.4) is 0 Å². The molecule has 1 aliphatic heterocycles. The number of hydrogen-bond acceptors (Lipinski definition) is 10. The van der Waals surface area contributed by atoms with Gasteiger partial charge in [-0.1, -0.05) is 0 Å². The molecular weight excluding hydrogens is 450 g/mol. The molecule has 0 spiro atoms. The summed E-state index contributed by atoms with van der Waals surface area (Å²) >= 11 is 0. The number of rotatable bonds is 11. The molecule has 14 nitrogen and oxygen atoms in total. The maximum Gasteiger partial charge on any atom is 0.471 e. The number of aliphatic hydroxyl groups is 1. The predicted molar refractivity (Wildman–Crippen MR) is 100.0 cm³/mol. The SMILES string of the molecule is COP(=O)(O)OCCOCP(=O)(O)OCC1OC(n2cc(C)c(=O)[nH]c2=O)CC1O. The Balaban J connectivity index is 1.82. The molecule has 0 radical (unpaired) electrons. The van der Waals surface area contributed by atoms with Gasteiger partial charge < -0.3 is 28.9 Å². The molecule has 16 heteroatoms. The van der Waals surface area contributed by atoms with E-state index < -0.39 is 58.1 Å². The van der Waals surface area contributed by atoms with Crippen LogP contribution in [0.25, 0.3) is 0 Å². The second-order valence-corrected chi connectivity index (χ2v) is 9.72. The lowest BCUT2D eigenvalue weighted by molar-refractivity contribution is -0.0435. The van der Waals surface area contributed by atoms with E-state index in [1.54, 1.807) is 0 Å². The molecule has 0 amide bonds. The lowest BCUT2D eigenvalue weighted by Crippen LogP contribution is -2.33. The van der Waals surface area contributed by atoms with Gasteiger partial charge in [0.15, 0.2) is 0 Å². The van der Waals surface area contributed by atoms with Gasteiger partial charge in [0, 0.05) is 25.3 Å². The van der Waals surface area contributed by atoms with Crippen LogP contribution >= 0.6 is 15.4 Å². The van der Waals surface area contributed by atoms with Crippen molar-refractivity contribution in [2.45, 2.75) is 31.8 Å². The molecule has 1 aliphatic rings. The van der Waals surface area contributed by atoms with Crippen molar-refractivity contribution < 1.29 is 47.1 Å². The number of aliphatic hydroxyl groups excluding tert-OH is 1. The van der Waals surface area contributed by atoms with E-state index in [-0.39, 0.29) is 25.2 Å². The highest BCUT2D eigenvalue weighted by atomic mass is 31.2. The van der Waals surface area contributed by atoms with Crippen LogP contribution in [0.1, 0.15) is 18.2 Å². The number of aryl methyl sites for hydroxylation is 1. The Morgan fingerprint density at radius 2 is 1.97 bits per heavy atom. The van der Waals surface area contributed by atoms with E-state index in [0.717, 1.165) is 11.7 Å². The minimum atomic E-state index is -4.22. The second-order valence-electron chi connectivity index (χ2n) is 6.37. The fraction of sp³-hybridized carbons (Fsp3) is 0.714. The standard InChI is InChI=1S/C14H24N2O12P2/c1-9-6-16(14(19)15-13(9)18)12-5-10(17)11(28-12)7-27-29(20,21)8-25-3-4-26-30(22,23)24-2/h6,10-12,17H,3-5,7-8H2,1-2H3,(H,20,21)(H,22,23)(H,15,18,19). The van der Waals surface area contributed by atoms with Gasteiger partial charge in [-0.05, 0) is 6.92 Å². The first-order valence-corrected chi connectivity index (χ1v) is 11.9. The zero-order chi connectivity index (χ0) is 22.5. The van der Waals surface area contributed by atoms with Crippen LogP contribution < -0.4 is 11.2 Å².